The average Bonchev–Trinajstić information content (AvgIpc) is 3.51. The summed E-state index contributed by atoms with van der Waals surface area (Å²) in [4.78, 5) is 29.1. The summed E-state index contributed by atoms with van der Waals surface area (Å²) in [6, 6.07) is 14.4. The molecule has 0 aliphatic rings. The second-order valence-electron chi connectivity index (χ2n) is 10.7. The molecule has 6 rings (SSSR count). The fourth-order valence-corrected chi connectivity index (χ4v) is 4.65. The maximum atomic E-state index is 14.6. The van der Waals surface area contributed by atoms with Crippen molar-refractivity contribution in [2.45, 2.75) is 27.2 Å². The van der Waals surface area contributed by atoms with Gasteiger partial charge in [-0.1, -0.05) is 45.0 Å². The lowest BCUT2D eigenvalue weighted by Gasteiger charge is -2.17. The first-order valence-corrected chi connectivity index (χ1v) is 12.6. The van der Waals surface area contributed by atoms with Gasteiger partial charge in [-0.3, -0.25) is 19.9 Å². The van der Waals surface area contributed by atoms with Crippen LogP contribution in [0.15, 0.2) is 73.3 Å². The van der Waals surface area contributed by atoms with Crippen LogP contribution in [-0.4, -0.2) is 36.0 Å². The van der Waals surface area contributed by atoms with E-state index in [2.05, 4.69) is 30.5 Å². The Kier molecular flexibility index (Phi) is 5.91. The molecule has 0 aliphatic carbocycles. The molecule has 1 amide bonds. The van der Waals surface area contributed by atoms with E-state index in [1.54, 1.807) is 43.0 Å². The quantitative estimate of drug-likeness (QED) is 0.233. The SMILES string of the molecule is CC(C)(C)CC(=O)Nc1cncc(-c2ccc3[nH]nc(-c4nc5c(-c6ccccc6F)cncc5[nH]4)c3c2)c1. The van der Waals surface area contributed by atoms with Gasteiger partial charge in [-0.2, -0.15) is 5.10 Å². The Bertz CT molecular complexity index is 1850. The van der Waals surface area contributed by atoms with Crippen LogP contribution < -0.4 is 5.32 Å². The normalized spacial score (nSPS) is 11.8. The number of aromatic nitrogens is 6. The molecule has 8 nitrogen and oxygen atoms in total. The number of rotatable bonds is 5. The Labute approximate surface area is 223 Å². The Morgan fingerprint density at radius 2 is 1.74 bits per heavy atom. The van der Waals surface area contributed by atoms with Gasteiger partial charge in [0.1, 0.15) is 17.0 Å². The van der Waals surface area contributed by atoms with E-state index in [9.17, 15) is 9.18 Å². The minimum Gasteiger partial charge on any atom is -0.335 e. The number of halogens is 1. The number of nitrogens with one attached hydrogen (secondary N) is 3. The van der Waals surface area contributed by atoms with Gasteiger partial charge in [0.15, 0.2) is 5.82 Å². The maximum absolute atomic E-state index is 14.6. The van der Waals surface area contributed by atoms with Crippen molar-refractivity contribution in [3.8, 4) is 33.8 Å². The molecule has 4 aromatic heterocycles. The third-order valence-corrected chi connectivity index (χ3v) is 6.39. The van der Waals surface area contributed by atoms with Gasteiger partial charge in [-0.05, 0) is 35.2 Å². The molecule has 0 unspecified atom stereocenters. The number of aromatic amines is 2. The van der Waals surface area contributed by atoms with E-state index < -0.39 is 0 Å². The second-order valence-corrected chi connectivity index (χ2v) is 10.7. The summed E-state index contributed by atoms with van der Waals surface area (Å²) >= 11 is 0. The van der Waals surface area contributed by atoms with Crippen molar-refractivity contribution in [1.29, 1.82) is 0 Å². The Morgan fingerprint density at radius 3 is 2.56 bits per heavy atom. The van der Waals surface area contributed by atoms with Gasteiger partial charge in [0.05, 0.1) is 29.1 Å². The Balaban J connectivity index is 1.37. The predicted octanol–water partition coefficient (Wildman–Crippen LogP) is 6.74. The number of hydrogen-bond acceptors (Lipinski definition) is 5. The Morgan fingerprint density at radius 1 is 0.923 bits per heavy atom. The molecule has 9 heteroatoms. The highest BCUT2D eigenvalue weighted by atomic mass is 19.1. The van der Waals surface area contributed by atoms with Crippen LogP contribution in [0.25, 0.3) is 55.7 Å². The van der Waals surface area contributed by atoms with Gasteiger partial charge in [0.2, 0.25) is 5.91 Å². The lowest BCUT2D eigenvalue weighted by molar-refractivity contribution is -0.117. The van der Waals surface area contributed by atoms with E-state index >= 15 is 0 Å². The molecule has 0 fully saturated rings. The van der Waals surface area contributed by atoms with Gasteiger partial charge in [-0.15, -0.1) is 0 Å². The molecule has 0 radical (unpaired) electrons. The number of carbonyl (C=O) groups is 1. The number of amides is 1. The number of nitrogens with zero attached hydrogens (tertiary/aromatic N) is 4. The van der Waals surface area contributed by atoms with Crippen molar-refractivity contribution in [1.82, 2.24) is 30.1 Å². The molecular weight excluding hydrogens is 493 g/mol. The van der Waals surface area contributed by atoms with Gasteiger partial charge < -0.3 is 10.3 Å². The molecule has 39 heavy (non-hydrogen) atoms. The highest BCUT2D eigenvalue weighted by Gasteiger charge is 2.18. The lowest BCUT2D eigenvalue weighted by Crippen LogP contribution is -2.19. The number of imidazole rings is 1. The largest absolute Gasteiger partial charge is 0.335 e. The molecule has 0 spiro atoms. The van der Waals surface area contributed by atoms with Gasteiger partial charge in [-0.25, -0.2) is 9.37 Å². The third-order valence-electron chi connectivity index (χ3n) is 6.39. The summed E-state index contributed by atoms with van der Waals surface area (Å²) < 4.78 is 14.6. The van der Waals surface area contributed by atoms with Crippen molar-refractivity contribution in [2.75, 3.05) is 5.32 Å². The number of anilines is 1. The van der Waals surface area contributed by atoms with Crippen LogP contribution in [0.3, 0.4) is 0 Å². The minimum absolute atomic E-state index is 0.0526. The van der Waals surface area contributed by atoms with E-state index in [-0.39, 0.29) is 17.1 Å². The molecule has 2 aromatic carbocycles. The van der Waals surface area contributed by atoms with Crippen molar-refractivity contribution < 1.29 is 9.18 Å². The number of hydrogen-bond donors (Lipinski definition) is 3. The van der Waals surface area contributed by atoms with Crippen molar-refractivity contribution in [3.63, 3.8) is 0 Å². The molecule has 3 N–H and O–H groups in total. The number of carbonyl (C=O) groups excluding carboxylic acids is 1. The van der Waals surface area contributed by atoms with Crippen molar-refractivity contribution in [2.24, 2.45) is 5.41 Å². The monoisotopic (exact) mass is 519 g/mol. The summed E-state index contributed by atoms with van der Waals surface area (Å²) in [6.45, 7) is 6.08. The van der Waals surface area contributed by atoms with E-state index in [1.165, 1.54) is 6.07 Å². The van der Waals surface area contributed by atoms with Crippen LogP contribution in [0.5, 0.6) is 0 Å². The van der Waals surface area contributed by atoms with E-state index in [0.717, 1.165) is 22.0 Å². The predicted molar refractivity (Wildman–Crippen MR) is 150 cm³/mol. The summed E-state index contributed by atoms with van der Waals surface area (Å²) in [5, 5.41) is 11.4. The summed E-state index contributed by atoms with van der Waals surface area (Å²) in [7, 11) is 0. The van der Waals surface area contributed by atoms with E-state index in [0.29, 0.717) is 45.8 Å². The first-order valence-electron chi connectivity index (χ1n) is 12.6. The van der Waals surface area contributed by atoms with Crippen LogP contribution >= 0.6 is 0 Å². The van der Waals surface area contributed by atoms with Crippen LogP contribution in [0.2, 0.25) is 0 Å². The van der Waals surface area contributed by atoms with Crippen LogP contribution in [0.1, 0.15) is 27.2 Å². The van der Waals surface area contributed by atoms with Crippen molar-refractivity contribution >= 4 is 33.5 Å². The fraction of sp³-hybridized carbons (Fsp3) is 0.167. The van der Waals surface area contributed by atoms with Crippen molar-refractivity contribution in [3.05, 3.63) is 79.1 Å². The second kappa shape index (κ2) is 9.43. The van der Waals surface area contributed by atoms with E-state index in [4.69, 9.17) is 4.98 Å². The number of pyridine rings is 2. The zero-order chi connectivity index (χ0) is 27.1. The topological polar surface area (TPSA) is 112 Å². The Hall–Kier alpha value is -4.92. The molecule has 6 aromatic rings. The molecule has 0 atom stereocenters. The molecule has 0 bridgehead atoms. The molecule has 0 saturated carbocycles. The fourth-order valence-electron chi connectivity index (χ4n) is 4.65. The standard InChI is InChI=1S/C30H26FN7O/c1-30(2,3)12-26(39)34-19-10-18(13-32-14-19)17-8-9-24-21(11-17)28(38-37-24)29-35-25-16-33-15-22(27(25)36-29)20-6-4-5-7-23(20)31/h4-11,13-16H,12H2,1-3H3,(H,34,39)(H,35,36)(H,37,38). The van der Waals surface area contributed by atoms with Crippen LogP contribution in [0, 0.1) is 11.2 Å². The van der Waals surface area contributed by atoms with Crippen LogP contribution in [0.4, 0.5) is 10.1 Å². The maximum Gasteiger partial charge on any atom is 0.224 e. The number of benzene rings is 2. The molecule has 4 heterocycles. The average molecular weight is 520 g/mol. The minimum atomic E-state index is -0.336. The number of fused-ring (bicyclic) bond motifs is 2. The first-order chi connectivity index (χ1) is 18.7. The van der Waals surface area contributed by atoms with E-state index in [1.807, 2.05) is 45.0 Å². The van der Waals surface area contributed by atoms with Gasteiger partial charge >= 0.3 is 0 Å². The summed E-state index contributed by atoms with van der Waals surface area (Å²) in [6.07, 6.45) is 7.09. The molecule has 0 aliphatic heterocycles. The molecular formula is C30H26FN7O. The zero-order valence-electron chi connectivity index (χ0n) is 21.7. The smallest absolute Gasteiger partial charge is 0.224 e. The first kappa shape index (κ1) is 24.4. The highest BCUT2D eigenvalue weighted by Crippen LogP contribution is 2.33. The van der Waals surface area contributed by atoms with Crippen LogP contribution in [-0.2, 0) is 4.79 Å². The molecule has 194 valence electrons. The number of H-pyrrole nitrogens is 2. The highest BCUT2D eigenvalue weighted by molar-refractivity contribution is 5.98. The van der Waals surface area contributed by atoms with Gasteiger partial charge in [0.25, 0.3) is 0 Å². The summed E-state index contributed by atoms with van der Waals surface area (Å²) in [5.41, 5.74) is 6.09. The third kappa shape index (κ3) is 4.86. The summed E-state index contributed by atoms with van der Waals surface area (Å²) in [5.74, 6) is 0.153. The molecule has 0 saturated heterocycles. The van der Waals surface area contributed by atoms with Gasteiger partial charge in [0, 0.05) is 40.9 Å². The zero-order valence-corrected chi connectivity index (χ0v) is 21.7. The lowest BCUT2D eigenvalue weighted by atomic mass is 9.92.